The van der Waals surface area contributed by atoms with Gasteiger partial charge in [0.05, 0.1) is 7.11 Å². The SMILES string of the molecule is COc1c(C)c(C)cc(C)c1C(O)N(C)C. The lowest BCUT2D eigenvalue weighted by molar-refractivity contribution is 0.0368. The van der Waals surface area contributed by atoms with Crippen LogP contribution in [0, 0.1) is 20.8 Å². The Morgan fingerprint density at radius 1 is 1.19 bits per heavy atom. The predicted molar refractivity (Wildman–Crippen MR) is 65.9 cm³/mol. The summed E-state index contributed by atoms with van der Waals surface area (Å²) in [5.41, 5.74) is 4.19. The lowest BCUT2D eigenvalue weighted by Crippen LogP contribution is -2.21. The van der Waals surface area contributed by atoms with Gasteiger partial charge in [-0.05, 0) is 51.6 Å². The maximum atomic E-state index is 10.2. The molecule has 0 bridgehead atoms. The molecule has 0 saturated carbocycles. The van der Waals surface area contributed by atoms with Crippen molar-refractivity contribution in [2.45, 2.75) is 27.0 Å². The second-order valence-corrected chi connectivity index (χ2v) is 4.42. The van der Waals surface area contributed by atoms with E-state index in [2.05, 4.69) is 13.0 Å². The molecular formula is C13H21NO2. The molecule has 90 valence electrons. The number of hydrogen-bond acceptors (Lipinski definition) is 3. The molecule has 0 aromatic heterocycles. The van der Waals surface area contributed by atoms with Gasteiger partial charge in [0.2, 0.25) is 0 Å². The predicted octanol–water partition coefficient (Wildman–Crippen LogP) is 2.17. The summed E-state index contributed by atoms with van der Waals surface area (Å²) < 4.78 is 5.42. The monoisotopic (exact) mass is 223 g/mol. The molecule has 1 rings (SSSR count). The van der Waals surface area contributed by atoms with Crippen molar-refractivity contribution in [1.29, 1.82) is 0 Å². The van der Waals surface area contributed by atoms with Crippen LogP contribution in [0.15, 0.2) is 6.07 Å². The van der Waals surface area contributed by atoms with E-state index in [9.17, 15) is 5.11 Å². The third kappa shape index (κ3) is 2.20. The summed E-state index contributed by atoms with van der Waals surface area (Å²) >= 11 is 0. The summed E-state index contributed by atoms with van der Waals surface area (Å²) in [5, 5.41) is 10.2. The third-order valence-electron chi connectivity index (χ3n) is 2.99. The molecule has 0 amide bonds. The molecule has 0 spiro atoms. The highest BCUT2D eigenvalue weighted by molar-refractivity contribution is 5.50. The first-order valence-corrected chi connectivity index (χ1v) is 5.39. The van der Waals surface area contributed by atoms with E-state index < -0.39 is 6.23 Å². The van der Waals surface area contributed by atoms with Crippen LogP contribution in [0.2, 0.25) is 0 Å². The van der Waals surface area contributed by atoms with Gasteiger partial charge in [-0.3, -0.25) is 4.90 Å². The zero-order chi connectivity index (χ0) is 12.5. The minimum atomic E-state index is -0.630. The molecule has 0 aliphatic carbocycles. The van der Waals surface area contributed by atoms with Crippen LogP contribution >= 0.6 is 0 Å². The van der Waals surface area contributed by atoms with Crippen molar-refractivity contribution in [3.63, 3.8) is 0 Å². The van der Waals surface area contributed by atoms with Crippen molar-refractivity contribution in [1.82, 2.24) is 4.90 Å². The Kier molecular flexibility index (Phi) is 3.94. The van der Waals surface area contributed by atoms with Crippen molar-refractivity contribution in [3.05, 3.63) is 28.3 Å². The molecule has 0 heterocycles. The molecule has 1 N–H and O–H groups in total. The fraction of sp³-hybridized carbons (Fsp3) is 0.538. The van der Waals surface area contributed by atoms with Gasteiger partial charge in [-0.2, -0.15) is 0 Å². The van der Waals surface area contributed by atoms with E-state index in [1.165, 1.54) is 5.56 Å². The Labute approximate surface area is 97.7 Å². The molecule has 0 aliphatic heterocycles. The summed E-state index contributed by atoms with van der Waals surface area (Å²) in [6.07, 6.45) is -0.630. The molecule has 3 nitrogen and oxygen atoms in total. The maximum absolute atomic E-state index is 10.2. The van der Waals surface area contributed by atoms with Crippen LogP contribution in [-0.4, -0.2) is 31.2 Å². The number of nitrogens with zero attached hydrogens (tertiary/aromatic N) is 1. The van der Waals surface area contributed by atoms with Gasteiger partial charge in [0, 0.05) is 5.56 Å². The number of aliphatic hydroxyl groups is 1. The van der Waals surface area contributed by atoms with Crippen LogP contribution in [0.5, 0.6) is 5.75 Å². The van der Waals surface area contributed by atoms with E-state index in [-0.39, 0.29) is 0 Å². The van der Waals surface area contributed by atoms with Gasteiger partial charge >= 0.3 is 0 Å². The first kappa shape index (κ1) is 13.0. The van der Waals surface area contributed by atoms with E-state index in [0.29, 0.717) is 0 Å². The number of aryl methyl sites for hydroxylation is 2. The van der Waals surface area contributed by atoms with Gasteiger partial charge in [-0.15, -0.1) is 0 Å². The molecule has 0 radical (unpaired) electrons. The van der Waals surface area contributed by atoms with E-state index in [1.54, 1.807) is 12.0 Å². The van der Waals surface area contributed by atoms with Gasteiger partial charge < -0.3 is 9.84 Å². The average Bonchev–Trinajstić information content (AvgIpc) is 2.21. The standard InChI is InChI=1S/C13H21NO2/c1-8-7-9(2)11(13(15)14(4)5)12(16-6)10(8)3/h7,13,15H,1-6H3. The van der Waals surface area contributed by atoms with Gasteiger partial charge in [-0.1, -0.05) is 6.07 Å². The Balaban J connectivity index is 3.42. The Hall–Kier alpha value is -1.06. The molecule has 16 heavy (non-hydrogen) atoms. The van der Waals surface area contributed by atoms with Gasteiger partial charge in [-0.25, -0.2) is 0 Å². The van der Waals surface area contributed by atoms with Crippen LogP contribution in [0.25, 0.3) is 0 Å². The van der Waals surface area contributed by atoms with Crippen LogP contribution in [0.3, 0.4) is 0 Å². The van der Waals surface area contributed by atoms with E-state index in [1.807, 2.05) is 27.9 Å². The summed E-state index contributed by atoms with van der Waals surface area (Å²) in [7, 11) is 5.34. The molecule has 1 aromatic carbocycles. The van der Waals surface area contributed by atoms with Crippen molar-refractivity contribution in [2.24, 2.45) is 0 Å². The first-order chi connectivity index (χ1) is 7.40. The number of hydrogen-bond donors (Lipinski definition) is 1. The fourth-order valence-corrected chi connectivity index (χ4v) is 1.91. The van der Waals surface area contributed by atoms with Crippen LogP contribution in [0.1, 0.15) is 28.5 Å². The van der Waals surface area contributed by atoms with E-state index in [4.69, 9.17) is 4.74 Å². The highest BCUT2D eigenvalue weighted by Gasteiger charge is 2.20. The van der Waals surface area contributed by atoms with Gasteiger partial charge in [0.1, 0.15) is 12.0 Å². The minimum absolute atomic E-state index is 0.630. The van der Waals surface area contributed by atoms with E-state index >= 15 is 0 Å². The molecule has 0 aliphatic rings. The highest BCUT2D eigenvalue weighted by Crippen LogP contribution is 2.34. The van der Waals surface area contributed by atoms with Crippen molar-refractivity contribution in [2.75, 3.05) is 21.2 Å². The average molecular weight is 223 g/mol. The van der Waals surface area contributed by atoms with Crippen LogP contribution < -0.4 is 4.74 Å². The van der Waals surface area contributed by atoms with Gasteiger partial charge in [0.15, 0.2) is 0 Å². The van der Waals surface area contributed by atoms with Gasteiger partial charge in [0.25, 0.3) is 0 Å². The highest BCUT2D eigenvalue weighted by atomic mass is 16.5. The van der Waals surface area contributed by atoms with Crippen LogP contribution in [-0.2, 0) is 0 Å². The fourth-order valence-electron chi connectivity index (χ4n) is 1.91. The van der Waals surface area contributed by atoms with Crippen LogP contribution in [0.4, 0.5) is 0 Å². The molecule has 1 aromatic rings. The minimum Gasteiger partial charge on any atom is -0.496 e. The number of benzene rings is 1. The molecule has 0 saturated heterocycles. The molecule has 0 fully saturated rings. The number of rotatable bonds is 3. The lowest BCUT2D eigenvalue weighted by atomic mass is 9.97. The second-order valence-electron chi connectivity index (χ2n) is 4.42. The molecule has 1 atom stereocenters. The Bertz CT molecular complexity index is 386. The normalized spacial score (nSPS) is 13.0. The molecule has 1 unspecified atom stereocenters. The Morgan fingerprint density at radius 2 is 1.75 bits per heavy atom. The summed E-state index contributed by atoms with van der Waals surface area (Å²) in [6, 6.07) is 2.08. The topological polar surface area (TPSA) is 32.7 Å². The quantitative estimate of drug-likeness (QED) is 0.797. The number of aliphatic hydroxyl groups excluding tert-OH is 1. The molecular weight excluding hydrogens is 202 g/mol. The maximum Gasteiger partial charge on any atom is 0.136 e. The summed E-state index contributed by atoms with van der Waals surface area (Å²) in [5.74, 6) is 0.790. The van der Waals surface area contributed by atoms with Crippen molar-refractivity contribution < 1.29 is 9.84 Å². The number of ether oxygens (including phenoxy) is 1. The summed E-state index contributed by atoms with van der Waals surface area (Å²) in [6.45, 7) is 6.06. The van der Waals surface area contributed by atoms with Crippen molar-refractivity contribution in [3.8, 4) is 5.75 Å². The first-order valence-electron chi connectivity index (χ1n) is 5.39. The Morgan fingerprint density at radius 3 is 2.19 bits per heavy atom. The summed E-state index contributed by atoms with van der Waals surface area (Å²) in [4.78, 5) is 1.76. The third-order valence-corrected chi connectivity index (χ3v) is 2.99. The zero-order valence-electron chi connectivity index (χ0n) is 11.0. The molecule has 3 heteroatoms. The second kappa shape index (κ2) is 4.85. The van der Waals surface area contributed by atoms with E-state index in [0.717, 1.165) is 22.4 Å². The zero-order valence-corrected chi connectivity index (χ0v) is 11.0. The lowest BCUT2D eigenvalue weighted by Gasteiger charge is -2.24. The largest absolute Gasteiger partial charge is 0.496 e. The number of methoxy groups -OCH3 is 1. The smallest absolute Gasteiger partial charge is 0.136 e. The van der Waals surface area contributed by atoms with Crippen molar-refractivity contribution >= 4 is 0 Å².